The smallest absolute Gasteiger partial charge is 0.177 e. The zero-order valence-electron chi connectivity index (χ0n) is 17.6. The van der Waals surface area contributed by atoms with Gasteiger partial charge in [-0.15, -0.1) is 12.4 Å². The number of hydrogen-bond acceptors (Lipinski definition) is 5. The predicted molar refractivity (Wildman–Crippen MR) is 123 cm³/mol. The van der Waals surface area contributed by atoms with Gasteiger partial charge in [0.05, 0.1) is 40.5 Å². The van der Waals surface area contributed by atoms with Gasteiger partial charge in [0.2, 0.25) is 0 Å². The second-order valence-corrected chi connectivity index (χ2v) is 8.36. The van der Waals surface area contributed by atoms with Crippen LogP contribution < -0.4 is 0 Å². The molecule has 31 heavy (non-hydrogen) atoms. The summed E-state index contributed by atoms with van der Waals surface area (Å²) in [4.78, 5) is 33.1. The molecular weight excluding hydrogens is 414 g/mol. The number of rotatable bonds is 4. The number of benzene rings is 2. The SMILES string of the molecule is CC(O)c1cc2c(c3c4c(cncn42)C(=O)C(CCN(C)C)C3=O)c2ccccc12.Cl. The lowest BCUT2D eigenvalue weighted by Crippen LogP contribution is -2.32. The van der Waals surface area contributed by atoms with E-state index in [4.69, 9.17) is 0 Å². The van der Waals surface area contributed by atoms with Gasteiger partial charge in [0, 0.05) is 11.6 Å². The van der Waals surface area contributed by atoms with Gasteiger partial charge in [0.15, 0.2) is 11.6 Å². The normalized spacial score (nSPS) is 17.0. The summed E-state index contributed by atoms with van der Waals surface area (Å²) in [5.41, 5.74) is 3.30. The molecule has 0 saturated carbocycles. The van der Waals surface area contributed by atoms with Gasteiger partial charge < -0.3 is 10.0 Å². The van der Waals surface area contributed by atoms with Crippen molar-refractivity contribution >= 4 is 51.2 Å². The quantitative estimate of drug-likeness (QED) is 0.487. The predicted octanol–water partition coefficient (Wildman–Crippen LogP) is 4.06. The number of fused-ring (bicyclic) bond motifs is 5. The van der Waals surface area contributed by atoms with Gasteiger partial charge in [-0.25, -0.2) is 4.98 Å². The number of halogens is 1. The van der Waals surface area contributed by atoms with Crippen molar-refractivity contribution < 1.29 is 14.7 Å². The molecule has 0 fully saturated rings. The van der Waals surface area contributed by atoms with Crippen LogP contribution in [-0.2, 0) is 0 Å². The molecule has 5 rings (SSSR count). The molecule has 160 valence electrons. The van der Waals surface area contributed by atoms with Gasteiger partial charge in [-0.2, -0.15) is 0 Å². The molecule has 0 spiro atoms. The lowest BCUT2D eigenvalue weighted by molar-refractivity contribution is 0.0788. The van der Waals surface area contributed by atoms with E-state index in [0.29, 0.717) is 29.6 Å². The Labute approximate surface area is 185 Å². The zero-order chi connectivity index (χ0) is 21.2. The highest BCUT2D eigenvalue weighted by Crippen LogP contribution is 2.41. The van der Waals surface area contributed by atoms with Crippen LogP contribution in [-0.4, -0.2) is 51.6 Å². The summed E-state index contributed by atoms with van der Waals surface area (Å²) in [5.74, 6) is -0.980. The molecule has 0 radical (unpaired) electrons. The van der Waals surface area contributed by atoms with E-state index >= 15 is 0 Å². The molecule has 7 heteroatoms. The van der Waals surface area contributed by atoms with Crippen LogP contribution in [0, 0.1) is 5.92 Å². The van der Waals surface area contributed by atoms with E-state index in [-0.39, 0.29) is 24.0 Å². The molecule has 2 aromatic heterocycles. The Balaban J connectivity index is 0.00000231. The maximum absolute atomic E-state index is 13.6. The summed E-state index contributed by atoms with van der Waals surface area (Å²) < 4.78 is 1.83. The Bertz CT molecular complexity index is 1360. The Morgan fingerprint density at radius 1 is 1.16 bits per heavy atom. The molecule has 0 saturated heterocycles. The fourth-order valence-electron chi connectivity index (χ4n) is 4.72. The number of nitrogens with zero attached hydrogens (tertiary/aromatic N) is 3. The second kappa shape index (κ2) is 7.71. The minimum atomic E-state index is -0.700. The van der Waals surface area contributed by atoms with E-state index in [9.17, 15) is 14.7 Å². The molecule has 1 aliphatic carbocycles. The van der Waals surface area contributed by atoms with Crippen molar-refractivity contribution in [3.8, 4) is 0 Å². The maximum Gasteiger partial charge on any atom is 0.177 e. The average Bonchev–Trinajstić information content (AvgIpc) is 3.06. The number of hydrogen-bond donors (Lipinski definition) is 1. The standard InChI is InChI=1S/C24H23N3O3.ClH/c1-13(28)17-10-19-20(15-7-5-4-6-14(15)17)21-22-18(11-25-12-27(19)22)23(29)16(24(21)30)8-9-26(2)3;/h4-7,10-13,16,28H,8-9H2,1-3H3;1H. The van der Waals surface area contributed by atoms with Crippen molar-refractivity contribution in [1.82, 2.24) is 14.3 Å². The third kappa shape index (κ3) is 3.05. The molecule has 2 heterocycles. The van der Waals surface area contributed by atoms with E-state index in [2.05, 4.69) is 4.98 Å². The van der Waals surface area contributed by atoms with E-state index in [1.807, 2.05) is 53.7 Å². The van der Waals surface area contributed by atoms with E-state index < -0.39 is 12.0 Å². The van der Waals surface area contributed by atoms with Crippen LogP contribution >= 0.6 is 12.4 Å². The molecule has 2 atom stereocenters. The first-order valence-corrected chi connectivity index (χ1v) is 10.1. The fourth-order valence-corrected chi connectivity index (χ4v) is 4.72. The number of Topliss-reactive ketones (excluding diaryl/α,β-unsaturated/α-hetero) is 2. The van der Waals surface area contributed by atoms with Crippen LogP contribution in [0.1, 0.15) is 45.7 Å². The summed E-state index contributed by atoms with van der Waals surface area (Å²) >= 11 is 0. The molecule has 1 N–H and O–H groups in total. The summed E-state index contributed by atoms with van der Waals surface area (Å²) in [7, 11) is 3.87. The van der Waals surface area contributed by atoms with Crippen molar-refractivity contribution in [2.75, 3.05) is 20.6 Å². The van der Waals surface area contributed by atoms with Crippen molar-refractivity contribution in [3.05, 3.63) is 59.5 Å². The van der Waals surface area contributed by atoms with Crippen molar-refractivity contribution in [1.29, 1.82) is 0 Å². The number of aliphatic hydroxyl groups excluding tert-OH is 1. The van der Waals surface area contributed by atoms with Crippen molar-refractivity contribution in [2.24, 2.45) is 5.92 Å². The molecule has 2 aromatic carbocycles. The van der Waals surface area contributed by atoms with Crippen LogP contribution in [0.4, 0.5) is 0 Å². The van der Waals surface area contributed by atoms with Gasteiger partial charge in [-0.05, 0) is 56.4 Å². The molecule has 1 aliphatic rings. The minimum absolute atomic E-state index is 0. The molecule has 2 unspecified atom stereocenters. The average molecular weight is 438 g/mol. The molecule has 0 amide bonds. The first kappa shape index (κ1) is 21.4. The Hall–Kier alpha value is -2.80. The van der Waals surface area contributed by atoms with Crippen molar-refractivity contribution in [2.45, 2.75) is 19.4 Å². The summed E-state index contributed by atoms with van der Waals surface area (Å²) in [5, 5.41) is 13.0. The Kier molecular flexibility index (Phi) is 5.33. The van der Waals surface area contributed by atoms with Gasteiger partial charge in [-0.3, -0.25) is 14.0 Å². The fraction of sp³-hybridized carbons (Fsp3) is 0.292. The molecule has 6 nitrogen and oxygen atoms in total. The second-order valence-electron chi connectivity index (χ2n) is 8.36. The molecule has 4 aromatic rings. The number of aromatic nitrogens is 2. The Morgan fingerprint density at radius 3 is 2.55 bits per heavy atom. The van der Waals surface area contributed by atoms with Gasteiger partial charge in [-0.1, -0.05) is 24.3 Å². The van der Waals surface area contributed by atoms with Crippen LogP contribution in [0.2, 0.25) is 0 Å². The van der Waals surface area contributed by atoms with Crippen molar-refractivity contribution in [3.63, 3.8) is 0 Å². The molecule has 0 aliphatic heterocycles. The lowest BCUT2D eigenvalue weighted by atomic mass is 9.81. The summed E-state index contributed by atoms with van der Waals surface area (Å²) in [6.07, 6.45) is 3.03. The topological polar surface area (TPSA) is 74.9 Å². The summed E-state index contributed by atoms with van der Waals surface area (Å²) in [6.45, 7) is 2.39. The summed E-state index contributed by atoms with van der Waals surface area (Å²) in [6, 6.07) is 9.73. The lowest BCUT2D eigenvalue weighted by Gasteiger charge is -2.22. The number of carbonyl (C=O) groups is 2. The van der Waals surface area contributed by atoms with Crippen LogP contribution in [0.25, 0.3) is 27.2 Å². The van der Waals surface area contributed by atoms with Gasteiger partial charge >= 0.3 is 0 Å². The van der Waals surface area contributed by atoms with Crippen LogP contribution in [0.3, 0.4) is 0 Å². The largest absolute Gasteiger partial charge is 0.389 e. The highest BCUT2D eigenvalue weighted by Gasteiger charge is 2.39. The highest BCUT2D eigenvalue weighted by molar-refractivity contribution is 6.33. The van der Waals surface area contributed by atoms with Gasteiger partial charge in [0.25, 0.3) is 0 Å². The molecule has 0 bridgehead atoms. The third-order valence-electron chi connectivity index (χ3n) is 6.14. The van der Waals surface area contributed by atoms with E-state index in [1.165, 1.54) is 0 Å². The maximum atomic E-state index is 13.6. The highest BCUT2D eigenvalue weighted by atomic mass is 35.5. The zero-order valence-corrected chi connectivity index (χ0v) is 18.4. The number of carbonyl (C=O) groups excluding carboxylic acids is 2. The number of ketones is 2. The first-order valence-electron chi connectivity index (χ1n) is 10.1. The van der Waals surface area contributed by atoms with Crippen LogP contribution in [0.15, 0.2) is 42.9 Å². The molecular formula is C24H24ClN3O3. The number of aliphatic hydroxyl groups is 1. The third-order valence-corrected chi connectivity index (χ3v) is 6.14. The van der Waals surface area contributed by atoms with Crippen LogP contribution in [0.5, 0.6) is 0 Å². The van der Waals surface area contributed by atoms with E-state index in [1.54, 1.807) is 19.4 Å². The monoisotopic (exact) mass is 437 g/mol. The minimum Gasteiger partial charge on any atom is -0.389 e. The first-order chi connectivity index (χ1) is 14.4. The Morgan fingerprint density at radius 2 is 1.87 bits per heavy atom. The van der Waals surface area contributed by atoms with E-state index in [0.717, 1.165) is 27.2 Å². The van der Waals surface area contributed by atoms with Gasteiger partial charge in [0.1, 0.15) is 0 Å².